The van der Waals surface area contributed by atoms with Gasteiger partial charge in [-0.15, -0.1) is 20.4 Å². The third-order valence-corrected chi connectivity index (χ3v) is 15.3. The summed E-state index contributed by atoms with van der Waals surface area (Å²) in [5.41, 5.74) is 26.9. The van der Waals surface area contributed by atoms with Crippen LogP contribution in [0.3, 0.4) is 0 Å². The first-order valence-electron chi connectivity index (χ1n) is 35.5. The quantitative estimate of drug-likeness (QED) is 0.00390. The van der Waals surface area contributed by atoms with E-state index in [-0.39, 0.29) is 79.0 Å². The van der Waals surface area contributed by atoms with Gasteiger partial charge in [0.05, 0.1) is 289 Å². The fraction of sp³-hybridized carbons (Fsp3) is 0.688. The molecule has 0 spiro atoms. The Kier molecular flexibility index (Phi) is 51.3. The van der Waals surface area contributed by atoms with Crippen molar-refractivity contribution in [3.8, 4) is 11.8 Å². The Bertz CT molecular complexity index is 3820. The van der Waals surface area contributed by atoms with Gasteiger partial charge in [-0.2, -0.15) is 0 Å². The molecule has 60 nitrogen and oxygen atoms in total. The molecular formula is C64H94N24O36. The molecule has 0 aliphatic heterocycles. The molecule has 8 atom stereocenters. The van der Waals surface area contributed by atoms with Crippen LogP contribution in [0.5, 0.6) is 0 Å². The minimum absolute atomic E-state index is 0.147. The number of methoxy groups -OCH3 is 10. The molecule has 4 aromatic rings. The van der Waals surface area contributed by atoms with Crippen molar-refractivity contribution >= 4 is 59.7 Å². The summed E-state index contributed by atoms with van der Waals surface area (Å²) in [6, 6.07) is 0. The summed E-state index contributed by atoms with van der Waals surface area (Å²) in [5.74, 6) is -6.02. The first-order valence-corrected chi connectivity index (χ1v) is 35.5. The number of ether oxygens (including phenoxy) is 18. The van der Waals surface area contributed by atoms with Gasteiger partial charge in [0.25, 0.3) is 0 Å². The predicted octanol–water partition coefficient (Wildman–Crippen LogP) is -5.00. The Hall–Kier alpha value is -12.6. The van der Waals surface area contributed by atoms with Crippen LogP contribution in [0.25, 0.3) is 41.8 Å². The Morgan fingerprint density at radius 2 is 0.468 bits per heavy atom. The van der Waals surface area contributed by atoms with Gasteiger partial charge >= 0.3 is 59.7 Å². The van der Waals surface area contributed by atoms with Gasteiger partial charge in [-0.05, 0) is 22.1 Å². The Morgan fingerprint density at radius 1 is 0.298 bits per heavy atom. The summed E-state index contributed by atoms with van der Waals surface area (Å²) < 4.78 is 95.5. The molecule has 4 heterocycles. The van der Waals surface area contributed by atoms with Crippen molar-refractivity contribution < 1.29 is 174 Å². The van der Waals surface area contributed by atoms with Crippen molar-refractivity contribution in [1.82, 2.24) is 60.0 Å². The summed E-state index contributed by atoms with van der Waals surface area (Å²) >= 11 is 0. The molecule has 0 fully saturated rings. The Balaban J connectivity index is 0.000000915. The van der Waals surface area contributed by atoms with Gasteiger partial charge in [-0.25, -0.2) is 66.7 Å². The normalized spacial score (nSPS) is 13.6. The molecule has 60 heteroatoms. The maximum atomic E-state index is 12.6. The van der Waals surface area contributed by atoms with Crippen molar-refractivity contribution in [2.24, 2.45) is 31.3 Å². The van der Waals surface area contributed by atoms with Crippen LogP contribution in [0.4, 0.5) is 0 Å². The van der Waals surface area contributed by atoms with Crippen LogP contribution in [-0.2, 0) is 121 Å². The number of hydrogen-bond acceptors (Lipinski definition) is 48. The second-order valence-corrected chi connectivity index (χ2v) is 25.0. The highest BCUT2D eigenvalue weighted by Gasteiger charge is 2.38. The summed E-state index contributed by atoms with van der Waals surface area (Å²) in [4.78, 5) is 131. The van der Waals surface area contributed by atoms with Crippen molar-refractivity contribution in [2.45, 2.75) is 75.0 Å². The zero-order chi connectivity index (χ0) is 92.7. The van der Waals surface area contributed by atoms with Crippen molar-refractivity contribution in [3.63, 3.8) is 0 Å². The van der Waals surface area contributed by atoms with Crippen molar-refractivity contribution in [2.75, 3.05) is 203 Å². The highest BCUT2D eigenvalue weighted by Crippen LogP contribution is 2.25. The Morgan fingerprint density at radius 3 is 0.621 bits per heavy atom. The van der Waals surface area contributed by atoms with Crippen LogP contribution < -0.4 is 0 Å². The van der Waals surface area contributed by atoms with Gasteiger partial charge in [-0.3, -0.25) is 0 Å². The van der Waals surface area contributed by atoms with E-state index in [1.54, 1.807) is 0 Å². The molecule has 0 aliphatic carbocycles. The minimum atomic E-state index is -1.60. The van der Waals surface area contributed by atoms with Crippen LogP contribution in [0.2, 0.25) is 0 Å². The zero-order valence-corrected chi connectivity index (χ0v) is 68.3. The monoisotopic (exact) mass is 1770 g/mol. The lowest BCUT2D eigenvalue weighted by Gasteiger charge is -2.34. The third kappa shape index (κ3) is 37.8. The van der Waals surface area contributed by atoms with E-state index in [1.807, 2.05) is 11.8 Å². The number of aliphatic hydroxyl groups excluding tert-OH is 8. The van der Waals surface area contributed by atoms with E-state index in [1.165, 1.54) is 14.2 Å². The first kappa shape index (κ1) is 107. The average Bonchev–Trinajstić information content (AvgIpc) is 1.68. The molecule has 0 saturated heterocycles. The maximum Gasteiger partial charge on any atom is 0.384 e. The van der Waals surface area contributed by atoms with E-state index in [9.17, 15) is 88.8 Å². The molecule has 686 valence electrons. The number of carbonyl (C=O) groups is 10. The SMILES string of the molecule is COC(=O)C#CC(=O)OC.COC(=O)c1nnn(CC(O)COCC(COCC(O)Cn2nnc(C(=O)OC)c2C(=O)OC)(COCC(O)Cn2nnc(C(=O)OC)c2C(=O)OC)COCC(O)Cn2nnc(C(=O)OC)c2C(=O)OC)c1C(=O)OC.[N-]=[N+]=NCC(O)COCC(COCC(O)CN=[N+]=[N-])(COCC(O)CN=[N+]=[N-])COCC(O)CN=[N+]=[N-]. The van der Waals surface area contributed by atoms with Crippen LogP contribution in [0.15, 0.2) is 20.5 Å². The number of hydrogen-bond donors (Lipinski definition) is 8. The first-order chi connectivity index (χ1) is 59.3. The molecule has 4 aromatic heterocycles. The van der Waals surface area contributed by atoms with Crippen LogP contribution in [-0.4, -0.2) is 412 Å². The van der Waals surface area contributed by atoms with Crippen molar-refractivity contribution in [1.29, 1.82) is 0 Å². The number of rotatable bonds is 56. The van der Waals surface area contributed by atoms with Crippen LogP contribution in [0, 0.1) is 22.7 Å². The fourth-order valence-electron chi connectivity index (χ4n) is 9.63. The van der Waals surface area contributed by atoms with E-state index < -0.39 is 244 Å². The highest BCUT2D eigenvalue weighted by molar-refractivity contribution is 6.02. The lowest BCUT2D eigenvalue weighted by molar-refractivity contribution is -0.135. The second-order valence-electron chi connectivity index (χ2n) is 25.0. The molecule has 0 amide bonds. The molecule has 8 N–H and O–H groups in total. The smallest absolute Gasteiger partial charge is 0.384 e. The highest BCUT2D eigenvalue weighted by atomic mass is 16.6. The topological polar surface area (TPSA) is 817 Å². The van der Waals surface area contributed by atoms with E-state index >= 15 is 0 Å². The van der Waals surface area contributed by atoms with E-state index in [0.717, 1.165) is 75.6 Å². The number of aliphatic hydroxyl groups is 8. The third-order valence-electron chi connectivity index (χ3n) is 15.3. The van der Waals surface area contributed by atoms with E-state index in [2.05, 4.69) is 110 Å². The van der Waals surface area contributed by atoms with E-state index in [4.69, 9.17) is 79.0 Å². The maximum absolute atomic E-state index is 12.6. The average molecular weight is 1780 g/mol. The molecule has 0 saturated carbocycles. The van der Waals surface area contributed by atoms with Gasteiger partial charge in [0.1, 0.15) is 0 Å². The molecule has 0 radical (unpaired) electrons. The summed E-state index contributed by atoms with van der Waals surface area (Å²) in [6.45, 7) is -8.70. The number of nitrogens with zero attached hydrogens (tertiary/aromatic N) is 24. The van der Waals surface area contributed by atoms with Gasteiger partial charge in [-0.1, -0.05) is 41.3 Å². The van der Waals surface area contributed by atoms with Crippen molar-refractivity contribution in [3.05, 3.63) is 87.3 Å². The van der Waals surface area contributed by atoms with E-state index in [0.29, 0.717) is 0 Å². The van der Waals surface area contributed by atoms with Gasteiger partial charge < -0.3 is 126 Å². The number of azide groups is 4. The van der Waals surface area contributed by atoms with Crippen LogP contribution >= 0.6 is 0 Å². The summed E-state index contributed by atoms with van der Waals surface area (Å²) in [5, 5.41) is 127. The fourth-order valence-corrected chi connectivity index (χ4v) is 9.63. The minimum Gasteiger partial charge on any atom is -0.464 e. The standard InChI is InChI=1S/C41H56N12O24.C17H32N12O8.C6H6O4/c1-66-33(58)25-29(37(62)70-5)50(46-42-25)9-21(54)13-74-17-41(18-75-14-22(55)10-51-30(38(63)71-6)26(43-47-51)34(59)67-2,19-76-15-23(56)11-52-31(39(64)72-7)27(44-48-52)35(60)68-3)20-77-16-24(57)12-53-32(40(65)73-8)28(45-49-53)36(61)69-4;18-26-22-1-13(30)5-34-9-17(10-35-6-14(31)2-23-27-19,11-36-7-15(32)3-24-28-20)12-37-8-16(33)4-25-29-21;1-9-5(7)3-4-6(8)10-2/h21-24,54-57H,9-20H2,1-8H3;13-16,30-33H,1-12H2;1-2H3. The number of esters is 10. The zero-order valence-electron chi connectivity index (χ0n) is 68.3. The lowest BCUT2D eigenvalue weighted by atomic mass is 9.92. The molecule has 4 rings (SSSR count). The molecular weight excluding hydrogens is 1680 g/mol. The number of aromatic nitrogens is 12. The number of carbonyl (C=O) groups excluding carboxylic acids is 10. The lowest BCUT2D eigenvalue weighted by Crippen LogP contribution is -2.44. The largest absolute Gasteiger partial charge is 0.464 e. The summed E-state index contributed by atoms with van der Waals surface area (Å²) in [6.07, 6.45) is -10.4. The Labute approximate surface area is 700 Å². The van der Waals surface area contributed by atoms with Gasteiger partial charge in [0.15, 0.2) is 22.8 Å². The second kappa shape index (κ2) is 59.2. The molecule has 0 aliphatic rings. The molecule has 124 heavy (non-hydrogen) atoms. The van der Waals surface area contributed by atoms with Gasteiger partial charge in [0, 0.05) is 31.5 Å². The summed E-state index contributed by atoms with van der Waals surface area (Å²) in [7, 11) is 10.6. The van der Waals surface area contributed by atoms with Gasteiger partial charge in [0.2, 0.25) is 22.8 Å². The van der Waals surface area contributed by atoms with Crippen LogP contribution in [0.1, 0.15) is 83.9 Å². The molecule has 8 unspecified atom stereocenters. The predicted molar refractivity (Wildman–Crippen MR) is 398 cm³/mol. The molecule has 0 bridgehead atoms. The molecule has 0 aromatic carbocycles.